The molecule has 0 spiro atoms. The van der Waals surface area contributed by atoms with Crippen LogP contribution in [-0.4, -0.2) is 37.7 Å². The zero-order valence-electron chi connectivity index (χ0n) is 12.1. The maximum Gasteiger partial charge on any atom is 0.245 e. The fourth-order valence-electron chi connectivity index (χ4n) is 2.33. The Balaban J connectivity index is 2.33. The van der Waals surface area contributed by atoms with Crippen LogP contribution in [0.15, 0.2) is 22.7 Å². The first-order valence-electron chi connectivity index (χ1n) is 6.87. The molecule has 0 radical (unpaired) electrons. The van der Waals surface area contributed by atoms with Crippen molar-refractivity contribution in [2.24, 2.45) is 0 Å². The number of amides is 1. The van der Waals surface area contributed by atoms with Crippen molar-refractivity contribution in [2.75, 3.05) is 24.7 Å². The molecule has 1 amide bonds. The van der Waals surface area contributed by atoms with Crippen molar-refractivity contribution >= 4 is 27.5 Å². The van der Waals surface area contributed by atoms with E-state index in [4.69, 9.17) is 4.74 Å². The van der Waals surface area contributed by atoms with Gasteiger partial charge >= 0.3 is 0 Å². The zero-order valence-corrected chi connectivity index (χ0v) is 13.7. The standard InChI is InChI=1S/C15H18BrN3O2/c1-10(2)18-15(20)14-9-21-6-5-19(14)13-7-12(16)4-3-11(13)8-17/h3-4,7,10,14H,5-6,9H2,1-2H3,(H,18,20). The fourth-order valence-corrected chi connectivity index (χ4v) is 2.68. The van der Waals surface area contributed by atoms with Gasteiger partial charge in [0.15, 0.2) is 0 Å². The molecule has 1 aliphatic rings. The van der Waals surface area contributed by atoms with Gasteiger partial charge in [-0.15, -0.1) is 0 Å². The smallest absolute Gasteiger partial charge is 0.245 e. The average Bonchev–Trinajstić information content (AvgIpc) is 2.46. The largest absolute Gasteiger partial charge is 0.377 e. The summed E-state index contributed by atoms with van der Waals surface area (Å²) in [5.74, 6) is -0.0754. The summed E-state index contributed by atoms with van der Waals surface area (Å²) in [6, 6.07) is 7.30. The number of morpholine rings is 1. The molecular formula is C15H18BrN3O2. The number of nitriles is 1. The van der Waals surface area contributed by atoms with Gasteiger partial charge in [0.05, 0.1) is 24.5 Å². The molecule has 0 aromatic heterocycles. The van der Waals surface area contributed by atoms with Crippen molar-refractivity contribution in [2.45, 2.75) is 25.9 Å². The van der Waals surface area contributed by atoms with Crippen LogP contribution < -0.4 is 10.2 Å². The number of rotatable bonds is 3. The van der Waals surface area contributed by atoms with Crippen LogP contribution in [0.25, 0.3) is 0 Å². The maximum atomic E-state index is 12.3. The molecule has 0 aliphatic carbocycles. The molecule has 1 atom stereocenters. The lowest BCUT2D eigenvalue weighted by Gasteiger charge is -2.37. The Morgan fingerprint density at radius 3 is 3.00 bits per heavy atom. The summed E-state index contributed by atoms with van der Waals surface area (Å²) in [4.78, 5) is 14.3. The number of ether oxygens (including phenoxy) is 1. The van der Waals surface area contributed by atoms with E-state index < -0.39 is 6.04 Å². The Bertz CT molecular complexity index is 569. The van der Waals surface area contributed by atoms with Crippen molar-refractivity contribution in [1.82, 2.24) is 5.32 Å². The third-order valence-electron chi connectivity index (χ3n) is 3.25. The van der Waals surface area contributed by atoms with Crippen LogP contribution in [-0.2, 0) is 9.53 Å². The molecule has 0 saturated carbocycles. The van der Waals surface area contributed by atoms with E-state index in [-0.39, 0.29) is 11.9 Å². The van der Waals surface area contributed by atoms with Gasteiger partial charge in [0.2, 0.25) is 5.91 Å². The van der Waals surface area contributed by atoms with Crippen molar-refractivity contribution in [1.29, 1.82) is 5.26 Å². The average molecular weight is 352 g/mol. The molecule has 1 unspecified atom stereocenters. The van der Waals surface area contributed by atoms with Gasteiger partial charge in [0, 0.05) is 17.1 Å². The predicted molar refractivity (Wildman–Crippen MR) is 84.1 cm³/mol. The van der Waals surface area contributed by atoms with Crippen molar-refractivity contribution in [3.63, 3.8) is 0 Å². The second-order valence-electron chi connectivity index (χ2n) is 5.22. The van der Waals surface area contributed by atoms with Gasteiger partial charge in [-0.2, -0.15) is 5.26 Å². The summed E-state index contributed by atoms with van der Waals surface area (Å²) in [5.41, 5.74) is 1.32. The monoisotopic (exact) mass is 351 g/mol. The van der Waals surface area contributed by atoms with E-state index in [1.807, 2.05) is 30.9 Å². The summed E-state index contributed by atoms with van der Waals surface area (Å²) in [6.07, 6.45) is 0. The lowest BCUT2D eigenvalue weighted by Crippen LogP contribution is -2.55. The molecule has 6 heteroatoms. The Kier molecular flexibility index (Phi) is 5.21. The molecule has 1 aromatic carbocycles. The summed E-state index contributed by atoms with van der Waals surface area (Å²) >= 11 is 3.42. The van der Waals surface area contributed by atoms with Crippen molar-refractivity contribution in [3.8, 4) is 6.07 Å². The van der Waals surface area contributed by atoms with E-state index >= 15 is 0 Å². The number of carbonyl (C=O) groups is 1. The maximum absolute atomic E-state index is 12.3. The van der Waals surface area contributed by atoms with E-state index in [1.54, 1.807) is 6.07 Å². The molecule has 5 nitrogen and oxygen atoms in total. The molecule has 1 fully saturated rings. The first-order chi connectivity index (χ1) is 10.0. The quantitative estimate of drug-likeness (QED) is 0.904. The van der Waals surface area contributed by atoms with Crippen LogP contribution >= 0.6 is 15.9 Å². The van der Waals surface area contributed by atoms with Crippen LogP contribution in [0, 0.1) is 11.3 Å². The van der Waals surface area contributed by atoms with Gasteiger partial charge in [0.1, 0.15) is 12.1 Å². The highest BCUT2D eigenvalue weighted by atomic mass is 79.9. The third-order valence-corrected chi connectivity index (χ3v) is 3.74. The molecule has 1 heterocycles. The lowest BCUT2D eigenvalue weighted by molar-refractivity contribution is -0.125. The first kappa shape index (κ1) is 15.8. The highest BCUT2D eigenvalue weighted by molar-refractivity contribution is 9.10. The zero-order chi connectivity index (χ0) is 15.4. The summed E-state index contributed by atoms with van der Waals surface area (Å²) in [5, 5.41) is 12.2. The van der Waals surface area contributed by atoms with E-state index in [9.17, 15) is 10.1 Å². The number of benzene rings is 1. The Labute approximate surface area is 133 Å². The normalized spacial score (nSPS) is 18.4. The molecule has 1 N–H and O–H groups in total. The lowest BCUT2D eigenvalue weighted by atomic mass is 10.1. The molecule has 0 bridgehead atoms. The highest BCUT2D eigenvalue weighted by Gasteiger charge is 2.31. The van der Waals surface area contributed by atoms with Crippen molar-refractivity contribution in [3.05, 3.63) is 28.2 Å². The number of nitrogens with zero attached hydrogens (tertiary/aromatic N) is 2. The van der Waals surface area contributed by atoms with Crippen LogP contribution in [0.2, 0.25) is 0 Å². The van der Waals surface area contributed by atoms with Crippen LogP contribution in [0.5, 0.6) is 0 Å². The summed E-state index contributed by atoms with van der Waals surface area (Å²) < 4.78 is 6.32. The minimum atomic E-state index is -0.414. The Morgan fingerprint density at radius 1 is 1.57 bits per heavy atom. The molecule has 2 rings (SSSR count). The first-order valence-corrected chi connectivity index (χ1v) is 7.66. The topological polar surface area (TPSA) is 65.4 Å². The molecule has 1 aliphatic heterocycles. The van der Waals surface area contributed by atoms with Gasteiger partial charge in [-0.05, 0) is 32.0 Å². The highest BCUT2D eigenvalue weighted by Crippen LogP contribution is 2.27. The number of halogens is 1. The van der Waals surface area contributed by atoms with E-state index in [1.165, 1.54) is 0 Å². The predicted octanol–water partition coefficient (Wildman–Crippen LogP) is 2.05. The molecule has 1 aromatic rings. The number of anilines is 1. The van der Waals surface area contributed by atoms with E-state index in [0.717, 1.165) is 10.2 Å². The number of hydrogen-bond acceptors (Lipinski definition) is 4. The molecule has 1 saturated heterocycles. The van der Waals surface area contributed by atoms with E-state index in [2.05, 4.69) is 27.3 Å². The second kappa shape index (κ2) is 6.92. The Morgan fingerprint density at radius 2 is 2.33 bits per heavy atom. The third kappa shape index (κ3) is 3.74. The minimum Gasteiger partial charge on any atom is -0.377 e. The summed E-state index contributed by atoms with van der Waals surface area (Å²) in [6.45, 7) is 5.30. The molecular weight excluding hydrogens is 334 g/mol. The van der Waals surface area contributed by atoms with Crippen LogP contribution in [0.4, 0.5) is 5.69 Å². The van der Waals surface area contributed by atoms with Crippen molar-refractivity contribution < 1.29 is 9.53 Å². The van der Waals surface area contributed by atoms with Gasteiger partial charge in [-0.3, -0.25) is 4.79 Å². The SMILES string of the molecule is CC(C)NC(=O)C1COCCN1c1cc(Br)ccc1C#N. The Hall–Kier alpha value is -1.58. The fraction of sp³-hybridized carbons (Fsp3) is 0.467. The molecule has 112 valence electrons. The van der Waals surface area contributed by atoms with Gasteiger partial charge in [-0.25, -0.2) is 0 Å². The molecule has 21 heavy (non-hydrogen) atoms. The summed E-state index contributed by atoms with van der Waals surface area (Å²) in [7, 11) is 0. The number of carbonyl (C=O) groups excluding carboxylic acids is 1. The van der Waals surface area contributed by atoms with Crippen LogP contribution in [0.3, 0.4) is 0 Å². The number of nitrogens with one attached hydrogen (secondary N) is 1. The van der Waals surface area contributed by atoms with Gasteiger partial charge < -0.3 is 15.0 Å². The van der Waals surface area contributed by atoms with Gasteiger partial charge in [0.25, 0.3) is 0 Å². The van der Waals surface area contributed by atoms with Crippen LogP contribution in [0.1, 0.15) is 19.4 Å². The van der Waals surface area contributed by atoms with E-state index in [0.29, 0.717) is 25.3 Å². The second-order valence-corrected chi connectivity index (χ2v) is 6.14. The van der Waals surface area contributed by atoms with Gasteiger partial charge in [-0.1, -0.05) is 15.9 Å². The number of hydrogen-bond donors (Lipinski definition) is 1. The minimum absolute atomic E-state index is 0.0687.